The Morgan fingerprint density at radius 2 is 1.95 bits per heavy atom. The summed E-state index contributed by atoms with van der Waals surface area (Å²) >= 11 is 0. The molecule has 0 aliphatic heterocycles. The van der Waals surface area contributed by atoms with Crippen LogP contribution in [0.15, 0.2) is 24.3 Å². The number of hydrogen-bond donors (Lipinski definition) is 1. The Hall–Kier alpha value is -1.71. The van der Waals surface area contributed by atoms with Gasteiger partial charge < -0.3 is 14.7 Å². The zero-order valence-electron chi connectivity index (χ0n) is 12.6. The number of carboxylic acids is 1. The third kappa shape index (κ3) is 5.11. The van der Waals surface area contributed by atoms with Crippen molar-refractivity contribution in [3.63, 3.8) is 0 Å². The molecule has 0 radical (unpaired) electrons. The summed E-state index contributed by atoms with van der Waals surface area (Å²) in [5.41, 5.74) is 1.03. The molecular formula is C16H25NO3. The molecule has 1 N–H and O–H groups in total. The van der Waals surface area contributed by atoms with Crippen LogP contribution in [0, 0.1) is 5.92 Å². The van der Waals surface area contributed by atoms with Gasteiger partial charge in [0, 0.05) is 18.8 Å². The summed E-state index contributed by atoms with van der Waals surface area (Å²) in [6.07, 6.45) is 2.17. The molecule has 0 saturated carbocycles. The van der Waals surface area contributed by atoms with Gasteiger partial charge in [-0.25, -0.2) is 0 Å². The average molecular weight is 279 g/mol. The molecule has 0 amide bonds. The Balaban J connectivity index is 2.62. The molecule has 1 unspecified atom stereocenters. The smallest absolute Gasteiger partial charge is 0.308 e. The van der Waals surface area contributed by atoms with E-state index in [4.69, 9.17) is 9.84 Å². The first-order valence-corrected chi connectivity index (χ1v) is 7.29. The lowest BCUT2D eigenvalue weighted by Gasteiger charge is -2.25. The van der Waals surface area contributed by atoms with Crippen LogP contribution in [0.2, 0.25) is 0 Å². The van der Waals surface area contributed by atoms with Gasteiger partial charge in [0.1, 0.15) is 5.75 Å². The highest BCUT2D eigenvalue weighted by Crippen LogP contribution is 2.20. The van der Waals surface area contributed by atoms with Crippen molar-refractivity contribution < 1.29 is 14.6 Å². The van der Waals surface area contributed by atoms with Gasteiger partial charge in [-0.05, 0) is 37.6 Å². The Labute approximate surface area is 121 Å². The standard InChI is InChI=1S/C16H25NO3/c1-4-6-11-20-15-9-7-14(8-10-15)17(5-2)12-13(3)16(18)19/h7-10,13H,4-6,11-12H2,1-3H3,(H,18,19). The van der Waals surface area contributed by atoms with Crippen LogP contribution in [-0.4, -0.2) is 30.8 Å². The number of carbonyl (C=O) groups is 1. The second-order valence-electron chi connectivity index (χ2n) is 4.97. The zero-order chi connectivity index (χ0) is 15.0. The van der Waals surface area contributed by atoms with Gasteiger partial charge in [0.15, 0.2) is 0 Å². The summed E-state index contributed by atoms with van der Waals surface area (Å²) in [6.45, 7) is 7.93. The third-order valence-electron chi connectivity index (χ3n) is 3.27. The van der Waals surface area contributed by atoms with E-state index in [1.54, 1.807) is 6.92 Å². The molecule has 0 spiro atoms. The minimum absolute atomic E-state index is 0.379. The van der Waals surface area contributed by atoms with E-state index < -0.39 is 5.97 Å². The number of ether oxygens (including phenoxy) is 1. The molecule has 0 aliphatic carbocycles. The maximum absolute atomic E-state index is 10.9. The van der Waals surface area contributed by atoms with E-state index in [9.17, 15) is 4.79 Å². The molecular weight excluding hydrogens is 254 g/mol. The van der Waals surface area contributed by atoms with Gasteiger partial charge in [0.2, 0.25) is 0 Å². The number of nitrogens with zero attached hydrogens (tertiary/aromatic N) is 1. The van der Waals surface area contributed by atoms with Crippen molar-refractivity contribution in [1.82, 2.24) is 0 Å². The fraction of sp³-hybridized carbons (Fsp3) is 0.562. The average Bonchev–Trinajstić information content (AvgIpc) is 2.45. The Morgan fingerprint density at radius 1 is 1.30 bits per heavy atom. The van der Waals surface area contributed by atoms with Crippen molar-refractivity contribution in [3.05, 3.63) is 24.3 Å². The molecule has 1 aromatic rings. The van der Waals surface area contributed by atoms with Crippen molar-refractivity contribution in [1.29, 1.82) is 0 Å². The van der Waals surface area contributed by atoms with E-state index in [1.165, 1.54) is 0 Å². The first-order valence-electron chi connectivity index (χ1n) is 7.29. The first kappa shape index (κ1) is 16.3. The van der Waals surface area contributed by atoms with Gasteiger partial charge in [-0.15, -0.1) is 0 Å². The van der Waals surface area contributed by atoms with Crippen LogP contribution in [0.1, 0.15) is 33.6 Å². The fourth-order valence-electron chi connectivity index (χ4n) is 1.91. The van der Waals surface area contributed by atoms with Crippen LogP contribution in [0.4, 0.5) is 5.69 Å². The molecule has 4 nitrogen and oxygen atoms in total. The molecule has 112 valence electrons. The second-order valence-corrected chi connectivity index (χ2v) is 4.97. The lowest BCUT2D eigenvalue weighted by molar-refractivity contribution is -0.140. The number of carboxylic acid groups (broad SMARTS) is 1. The summed E-state index contributed by atoms with van der Waals surface area (Å²) in [7, 11) is 0. The second kappa shape index (κ2) is 8.46. The quantitative estimate of drug-likeness (QED) is 0.704. The SMILES string of the molecule is CCCCOc1ccc(N(CC)CC(C)C(=O)O)cc1. The highest BCUT2D eigenvalue weighted by atomic mass is 16.5. The minimum Gasteiger partial charge on any atom is -0.494 e. The molecule has 0 bridgehead atoms. The molecule has 0 heterocycles. The summed E-state index contributed by atoms with van der Waals surface area (Å²) in [4.78, 5) is 13.0. The van der Waals surface area contributed by atoms with E-state index in [1.807, 2.05) is 31.2 Å². The first-order chi connectivity index (χ1) is 9.58. The number of benzene rings is 1. The molecule has 1 atom stereocenters. The van der Waals surface area contributed by atoms with Gasteiger partial charge in [0.25, 0.3) is 0 Å². The van der Waals surface area contributed by atoms with Crippen LogP contribution in [-0.2, 0) is 4.79 Å². The maximum atomic E-state index is 10.9. The van der Waals surface area contributed by atoms with Gasteiger partial charge in [0.05, 0.1) is 12.5 Å². The summed E-state index contributed by atoms with van der Waals surface area (Å²) in [6, 6.07) is 7.86. The molecule has 4 heteroatoms. The van der Waals surface area contributed by atoms with Crippen LogP contribution in [0.25, 0.3) is 0 Å². The van der Waals surface area contributed by atoms with E-state index >= 15 is 0 Å². The Bertz CT molecular complexity index is 403. The van der Waals surface area contributed by atoms with E-state index in [0.29, 0.717) is 6.54 Å². The largest absolute Gasteiger partial charge is 0.494 e. The zero-order valence-corrected chi connectivity index (χ0v) is 12.6. The van der Waals surface area contributed by atoms with Crippen LogP contribution < -0.4 is 9.64 Å². The fourth-order valence-corrected chi connectivity index (χ4v) is 1.91. The summed E-state index contributed by atoms with van der Waals surface area (Å²) in [5, 5.41) is 8.99. The third-order valence-corrected chi connectivity index (χ3v) is 3.27. The molecule has 20 heavy (non-hydrogen) atoms. The molecule has 0 saturated heterocycles. The number of hydrogen-bond acceptors (Lipinski definition) is 3. The Morgan fingerprint density at radius 3 is 2.45 bits per heavy atom. The lowest BCUT2D eigenvalue weighted by Crippen LogP contribution is -2.31. The van der Waals surface area contributed by atoms with E-state index in [-0.39, 0.29) is 5.92 Å². The normalized spacial score (nSPS) is 11.9. The number of anilines is 1. The van der Waals surface area contributed by atoms with Gasteiger partial charge in [-0.1, -0.05) is 20.3 Å². The predicted octanol–water partition coefficient (Wildman–Crippen LogP) is 3.41. The highest BCUT2D eigenvalue weighted by molar-refractivity contribution is 5.70. The summed E-state index contributed by atoms with van der Waals surface area (Å²) < 4.78 is 5.62. The van der Waals surface area contributed by atoms with E-state index in [0.717, 1.165) is 37.4 Å². The number of unbranched alkanes of at least 4 members (excludes halogenated alkanes) is 1. The van der Waals surface area contributed by atoms with Crippen molar-refractivity contribution >= 4 is 11.7 Å². The predicted molar refractivity (Wildman–Crippen MR) is 81.5 cm³/mol. The highest BCUT2D eigenvalue weighted by Gasteiger charge is 2.15. The van der Waals surface area contributed by atoms with Gasteiger partial charge in [-0.2, -0.15) is 0 Å². The van der Waals surface area contributed by atoms with Crippen molar-refractivity contribution in [2.75, 3.05) is 24.6 Å². The van der Waals surface area contributed by atoms with Crippen LogP contribution >= 0.6 is 0 Å². The van der Waals surface area contributed by atoms with Gasteiger partial charge >= 0.3 is 5.97 Å². The number of aliphatic carboxylic acids is 1. The van der Waals surface area contributed by atoms with Crippen molar-refractivity contribution in [2.45, 2.75) is 33.6 Å². The maximum Gasteiger partial charge on any atom is 0.308 e. The molecule has 0 fully saturated rings. The topological polar surface area (TPSA) is 49.8 Å². The summed E-state index contributed by atoms with van der Waals surface area (Å²) in [5.74, 6) is -0.275. The molecule has 0 aliphatic rings. The molecule has 1 aromatic carbocycles. The van der Waals surface area contributed by atoms with Crippen molar-refractivity contribution in [3.8, 4) is 5.75 Å². The van der Waals surface area contributed by atoms with Gasteiger partial charge in [-0.3, -0.25) is 4.79 Å². The Kier molecular flexibility index (Phi) is 6.91. The molecule has 1 rings (SSSR count). The molecule has 0 aromatic heterocycles. The monoisotopic (exact) mass is 279 g/mol. The van der Waals surface area contributed by atoms with Crippen LogP contribution in [0.5, 0.6) is 5.75 Å². The lowest BCUT2D eigenvalue weighted by atomic mass is 10.1. The van der Waals surface area contributed by atoms with Crippen molar-refractivity contribution in [2.24, 2.45) is 5.92 Å². The van der Waals surface area contributed by atoms with Crippen LogP contribution in [0.3, 0.4) is 0 Å². The number of rotatable bonds is 9. The minimum atomic E-state index is -0.761. The van der Waals surface area contributed by atoms with E-state index in [2.05, 4.69) is 11.8 Å².